The van der Waals surface area contributed by atoms with Gasteiger partial charge < -0.3 is 0 Å². The normalized spacial score (nSPS) is 12.4. The molecule has 0 saturated heterocycles. The molecule has 0 bridgehead atoms. The van der Waals surface area contributed by atoms with Gasteiger partial charge in [0.15, 0.2) is 0 Å². The Morgan fingerprint density at radius 1 is 0.957 bits per heavy atom. The van der Waals surface area contributed by atoms with Crippen LogP contribution in [0.2, 0.25) is 0 Å². The van der Waals surface area contributed by atoms with Gasteiger partial charge in [-0.1, -0.05) is 30.3 Å². The van der Waals surface area contributed by atoms with Crippen LogP contribution in [-0.2, 0) is 6.42 Å². The van der Waals surface area contributed by atoms with Crippen LogP contribution < -0.4 is 4.62 Å². The predicted octanol–water partition coefficient (Wildman–Crippen LogP) is 1.66. The summed E-state index contributed by atoms with van der Waals surface area (Å²) in [6.07, 6.45) is 2.58. The summed E-state index contributed by atoms with van der Waals surface area (Å²) in [4.78, 5) is 1.48. The van der Waals surface area contributed by atoms with Crippen molar-refractivity contribution >= 4 is 7.94 Å². The minimum absolute atomic E-state index is 0.738. The summed E-state index contributed by atoms with van der Waals surface area (Å²) in [6, 6.07) is 10.2. The second-order valence-electron chi connectivity index (χ2n) is 5.91. The summed E-state index contributed by atoms with van der Waals surface area (Å²) in [5, 5.41) is 8.36. The molecule has 2 rings (SSSR count). The third-order valence-electron chi connectivity index (χ3n) is 3.51. The first-order chi connectivity index (χ1) is 10.9. The molecule has 0 N–H and O–H groups in total. The van der Waals surface area contributed by atoms with E-state index < -0.39 is 7.94 Å². The molecule has 0 atom stereocenters. The molecule has 8 heteroatoms. The van der Waals surface area contributed by atoms with Gasteiger partial charge >= 0.3 is 7.94 Å². The molecule has 1 aromatic carbocycles. The Morgan fingerprint density at radius 3 is 2.04 bits per heavy atom. The first kappa shape index (κ1) is 17.8. The highest BCUT2D eigenvalue weighted by Gasteiger charge is 2.54. The van der Waals surface area contributed by atoms with Crippen molar-refractivity contribution in [3.05, 3.63) is 47.8 Å². The van der Waals surface area contributed by atoms with E-state index in [1.54, 1.807) is 0 Å². The van der Waals surface area contributed by atoms with E-state index in [0.29, 0.717) is 0 Å². The van der Waals surface area contributed by atoms with Crippen LogP contribution >= 0.6 is 7.94 Å². The summed E-state index contributed by atoms with van der Waals surface area (Å²) >= 11 is 0. The fourth-order valence-electron chi connectivity index (χ4n) is 2.61. The van der Waals surface area contributed by atoms with Gasteiger partial charge in [-0.15, -0.1) is 19.1 Å². The van der Waals surface area contributed by atoms with Crippen LogP contribution in [0.5, 0.6) is 0 Å². The third kappa shape index (κ3) is 3.87. The Hall–Kier alpha value is -1.53. The molecular weight excluding hydrogens is 311 g/mol. The molecule has 0 saturated carbocycles. The number of aromatic nitrogens is 3. The molecule has 0 unspecified atom stereocenters. The van der Waals surface area contributed by atoms with Crippen molar-refractivity contribution in [2.45, 2.75) is 6.42 Å². The van der Waals surface area contributed by atoms with Crippen molar-refractivity contribution < 1.29 is 4.62 Å². The maximum absolute atomic E-state index is 6.24. The SMILES string of the molecule is CN(C)[P+](On1cc(Cc2ccccc2)nn1)(N(C)C)N(C)C. The Kier molecular flexibility index (Phi) is 5.70. The fourth-order valence-corrected chi connectivity index (χ4v) is 5.50. The van der Waals surface area contributed by atoms with Crippen LogP contribution in [0.1, 0.15) is 11.3 Å². The van der Waals surface area contributed by atoms with Crippen molar-refractivity contribution in [2.75, 3.05) is 42.3 Å². The molecule has 0 aliphatic rings. The van der Waals surface area contributed by atoms with Gasteiger partial charge in [-0.2, -0.15) is 4.62 Å². The second-order valence-corrected chi connectivity index (χ2v) is 9.50. The van der Waals surface area contributed by atoms with Crippen LogP contribution in [0.15, 0.2) is 36.5 Å². The molecule has 2 aromatic rings. The van der Waals surface area contributed by atoms with Crippen LogP contribution in [0.4, 0.5) is 0 Å². The Balaban J connectivity index is 2.19. The van der Waals surface area contributed by atoms with Gasteiger partial charge in [0.05, 0.1) is 11.9 Å². The van der Waals surface area contributed by atoms with Gasteiger partial charge in [0.2, 0.25) is 0 Å². The van der Waals surface area contributed by atoms with E-state index in [1.807, 2.05) is 66.7 Å². The molecule has 23 heavy (non-hydrogen) atoms. The molecule has 126 valence electrons. The van der Waals surface area contributed by atoms with E-state index in [9.17, 15) is 0 Å². The smallest absolute Gasteiger partial charge is 0.184 e. The average molecular weight is 337 g/mol. The average Bonchev–Trinajstić information content (AvgIpc) is 2.91. The molecule has 1 aromatic heterocycles. The number of hydrogen-bond donors (Lipinski definition) is 0. The monoisotopic (exact) mass is 337 g/mol. The maximum atomic E-state index is 6.24. The van der Waals surface area contributed by atoms with E-state index in [0.717, 1.165) is 12.1 Å². The summed E-state index contributed by atoms with van der Waals surface area (Å²) in [7, 11) is 9.91. The van der Waals surface area contributed by atoms with Crippen LogP contribution in [0, 0.1) is 0 Å². The van der Waals surface area contributed by atoms with Gasteiger partial charge in [-0.25, -0.2) is 0 Å². The molecule has 0 amide bonds. The van der Waals surface area contributed by atoms with E-state index >= 15 is 0 Å². The molecule has 0 fully saturated rings. The lowest BCUT2D eigenvalue weighted by Crippen LogP contribution is -2.42. The zero-order valence-corrected chi connectivity index (χ0v) is 15.6. The minimum atomic E-state index is -2.14. The molecule has 0 aliphatic heterocycles. The van der Waals surface area contributed by atoms with Crippen molar-refractivity contribution in [3.8, 4) is 0 Å². The number of rotatable bonds is 7. The van der Waals surface area contributed by atoms with Crippen molar-refractivity contribution in [1.29, 1.82) is 0 Å². The topological polar surface area (TPSA) is 49.7 Å². The van der Waals surface area contributed by atoms with E-state index in [2.05, 4.69) is 36.5 Å². The zero-order chi connectivity index (χ0) is 17.0. The van der Waals surface area contributed by atoms with Crippen LogP contribution in [0.25, 0.3) is 0 Å². The zero-order valence-electron chi connectivity index (χ0n) is 14.7. The second kappa shape index (κ2) is 7.36. The van der Waals surface area contributed by atoms with Crippen molar-refractivity contribution in [2.24, 2.45) is 0 Å². The van der Waals surface area contributed by atoms with E-state index in [4.69, 9.17) is 4.62 Å². The Labute approximate surface area is 139 Å². The quantitative estimate of drug-likeness (QED) is 0.716. The Morgan fingerprint density at radius 2 is 1.52 bits per heavy atom. The number of hydrogen-bond acceptors (Lipinski definition) is 6. The van der Waals surface area contributed by atoms with Gasteiger partial charge in [0.1, 0.15) is 0 Å². The molecular formula is C15H26N6OP+. The van der Waals surface area contributed by atoms with Gasteiger partial charge in [-0.05, 0) is 15.6 Å². The molecule has 0 aliphatic carbocycles. The van der Waals surface area contributed by atoms with Gasteiger partial charge in [-0.3, -0.25) is 0 Å². The minimum Gasteiger partial charge on any atom is -0.184 e. The third-order valence-corrected chi connectivity index (χ3v) is 7.02. The van der Waals surface area contributed by atoms with Crippen LogP contribution in [0.3, 0.4) is 0 Å². The highest BCUT2D eigenvalue weighted by atomic mass is 31.2. The number of nitrogens with zero attached hydrogens (tertiary/aromatic N) is 6. The number of benzene rings is 1. The summed E-state index contributed by atoms with van der Waals surface area (Å²) in [5.41, 5.74) is 2.08. The predicted molar refractivity (Wildman–Crippen MR) is 93.8 cm³/mol. The first-order valence-corrected chi connectivity index (χ1v) is 9.00. The molecule has 0 radical (unpaired) electrons. The first-order valence-electron chi connectivity index (χ1n) is 7.44. The molecule has 1 heterocycles. The van der Waals surface area contributed by atoms with Crippen LogP contribution in [-0.4, -0.2) is 71.5 Å². The molecule has 7 nitrogen and oxygen atoms in total. The van der Waals surface area contributed by atoms with Crippen molar-refractivity contribution in [1.82, 2.24) is 29.2 Å². The van der Waals surface area contributed by atoms with Crippen molar-refractivity contribution in [3.63, 3.8) is 0 Å². The van der Waals surface area contributed by atoms with Gasteiger partial charge in [0.25, 0.3) is 0 Å². The van der Waals surface area contributed by atoms with E-state index in [1.165, 1.54) is 10.4 Å². The lowest BCUT2D eigenvalue weighted by molar-refractivity contribution is 0.179. The van der Waals surface area contributed by atoms with Gasteiger partial charge in [0, 0.05) is 48.7 Å². The Bertz CT molecular complexity index is 592. The maximum Gasteiger partial charge on any atom is 0.449 e. The summed E-state index contributed by atoms with van der Waals surface area (Å²) in [6.45, 7) is 0. The molecule has 0 spiro atoms. The van der Waals surface area contributed by atoms with E-state index in [-0.39, 0.29) is 0 Å². The lowest BCUT2D eigenvalue weighted by Gasteiger charge is -2.35. The standard InChI is InChI=1S/C15H26N6OP/c1-18(2)23(19(3)4,20(5)6)22-21-13-15(16-17-21)12-14-10-8-7-9-11-14/h7-11,13H,12H2,1-6H3/q+1. The fraction of sp³-hybridized carbons (Fsp3) is 0.467. The highest BCUT2D eigenvalue weighted by Crippen LogP contribution is 2.61. The summed E-state index contributed by atoms with van der Waals surface area (Å²) < 4.78 is 12.5. The largest absolute Gasteiger partial charge is 0.449 e. The summed E-state index contributed by atoms with van der Waals surface area (Å²) in [5.74, 6) is 0. The lowest BCUT2D eigenvalue weighted by atomic mass is 10.1. The highest BCUT2D eigenvalue weighted by molar-refractivity contribution is 7.64.